The standard InChI is InChI=1S/C25H29N3O5/c1-27-20-7-5-4-6-18(20)19(15-24(27)29)25(30)26-16-21(28-10-12-33-13-11-28)17-8-9-22(31-2)23(14-17)32-3/h4-9,14-15,21H,10-13,16H2,1-3H3,(H,26,30). The third-order valence-electron chi connectivity index (χ3n) is 6.13. The van der Waals surface area contributed by atoms with Gasteiger partial charge in [-0.05, 0) is 23.8 Å². The van der Waals surface area contributed by atoms with E-state index in [1.54, 1.807) is 25.8 Å². The number of aryl methyl sites for hydroxylation is 1. The molecule has 2 aromatic carbocycles. The Morgan fingerprint density at radius 1 is 1.06 bits per heavy atom. The van der Waals surface area contributed by atoms with E-state index in [9.17, 15) is 9.59 Å². The third-order valence-corrected chi connectivity index (χ3v) is 6.13. The number of pyridine rings is 1. The zero-order chi connectivity index (χ0) is 23.4. The molecule has 8 nitrogen and oxygen atoms in total. The van der Waals surface area contributed by atoms with Crippen molar-refractivity contribution in [1.29, 1.82) is 0 Å². The fourth-order valence-electron chi connectivity index (χ4n) is 4.29. The SMILES string of the molecule is COc1ccc(C(CNC(=O)c2cc(=O)n(C)c3ccccc23)N2CCOCC2)cc1OC. The molecule has 0 spiro atoms. The van der Waals surface area contributed by atoms with E-state index in [2.05, 4.69) is 10.2 Å². The van der Waals surface area contributed by atoms with E-state index in [1.807, 2.05) is 42.5 Å². The fraction of sp³-hybridized carbons (Fsp3) is 0.360. The van der Waals surface area contributed by atoms with Crippen LogP contribution in [0, 0.1) is 0 Å². The van der Waals surface area contributed by atoms with Crippen LogP contribution in [-0.4, -0.2) is 62.4 Å². The molecule has 8 heteroatoms. The topological polar surface area (TPSA) is 82.0 Å². The third kappa shape index (κ3) is 4.72. The lowest BCUT2D eigenvalue weighted by Crippen LogP contribution is -2.44. The Balaban J connectivity index is 1.63. The number of nitrogens with zero attached hydrogens (tertiary/aromatic N) is 2. The van der Waals surface area contributed by atoms with Crippen LogP contribution in [0.15, 0.2) is 53.3 Å². The predicted octanol–water partition coefficient (Wildman–Crippen LogP) is 2.36. The molecule has 0 bridgehead atoms. The average molecular weight is 452 g/mol. The van der Waals surface area contributed by atoms with Gasteiger partial charge in [0.1, 0.15) is 0 Å². The normalized spacial score (nSPS) is 15.2. The van der Waals surface area contributed by atoms with Crippen LogP contribution in [0.4, 0.5) is 0 Å². The van der Waals surface area contributed by atoms with Crippen LogP contribution < -0.4 is 20.3 Å². The first-order chi connectivity index (χ1) is 16.0. The number of para-hydroxylation sites is 1. The second-order valence-electron chi connectivity index (χ2n) is 7.96. The molecule has 1 aromatic heterocycles. The van der Waals surface area contributed by atoms with E-state index in [0.717, 1.165) is 29.6 Å². The van der Waals surface area contributed by atoms with Gasteiger partial charge in [0, 0.05) is 38.1 Å². The molecule has 1 amide bonds. The van der Waals surface area contributed by atoms with E-state index in [-0.39, 0.29) is 17.5 Å². The second kappa shape index (κ2) is 10.1. The number of methoxy groups -OCH3 is 2. The molecule has 1 aliphatic heterocycles. The maximum atomic E-state index is 13.2. The summed E-state index contributed by atoms with van der Waals surface area (Å²) in [5.74, 6) is 1.01. The zero-order valence-corrected chi connectivity index (χ0v) is 19.2. The number of carbonyl (C=O) groups is 1. The second-order valence-corrected chi connectivity index (χ2v) is 7.96. The van der Waals surface area contributed by atoms with E-state index < -0.39 is 0 Å². The van der Waals surface area contributed by atoms with Crippen LogP contribution in [0.25, 0.3) is 10.9 Å². The summed E-state index contributed by atoms with van der Waals surface area (Å²) in [5.41, 5.74) is 1.88. The number of nitrogens with one attached hydrogen (secondary N) is 1. The molecule has 3 aromatic rings. The molecule has 1 N–H and O–H groups in total. The lowest BCUT2D eigenvalue weighted by Gasteiger charge is -2.35. The Hall–Kier alpha value is -3.36. The first kappa shape index (κ1) is 22.8. The van der Waals surface area contributed by atoms with Gasteiger partial charge in [0.2, 0.25) is 0 Å². The van der Waals surface area contributed by atoms with Crippen molar-refractivity contribution in [2.45, 2.75) is 6.04 Å². The molecule has 1 atom stereocenters. The predicted molar refractivity (Wildman–Crippen MR) is 126 cm³/mol. The average Bonchev–Trinajstić information content (AvgIpc) is 2.86. The number of rotatable bonds is 7. The minimum absolute atomic E-state index is 0.0875. The smallest absolute Gasteiger partial charge is 0.252 e. The highest BCUT2D eigenvalue weighted by Crippen LogP contribution is 2.32. The molecule has 2 heterocycles. The molecule has 33 heavy (non-hydrogen) atoms. The van der Waals surface area contributed by atoms with E-state index >= 15 is 0 Å². The molecule has 0 aliphatic carbocycles. The largest absolute Gasteiger partial charge is 0.493 e. The fourth-order valence-corrected chi connectivity index (χ4v) is 4.29. The number of aromatic nitrogens is 1. The quantitative estimate of drug-likeness (QED) is 0.594. The Morgan fingerprint density at radius 3 is 2.52 bits per heavy atom. The highest BCUT2D eigenvalue weighted by Gasteiger charge is 2.25. The number of hydrogen-bond acceptors (Lipinski definition) is 6. The molecule has 0 radical (unpaired) electrons. The Bertz CT molecular complexity index is 1200. The number of amides is 1. The summed E-state index contributed by atoms with van der Waals surface area (Å²) in [6, 6.07) is 14.5. The molecule has 1 unspecified atom stereocenters. The molecular weight excluding hydrogens is 422 g/mol. The highest BCUT2D eigenvalue weighted by atomic mass is 16.5. The summed E-state index contributed by atoms with van der Waals surface area (Å²) in [5, 5.41) is 3.80. The van der Waals surface area contributed by atoms with Gasteiger partial charge in [-0.1, -0.05) is 24.3 Å². The summed E-state index contributed by atoms with van der Waals surface area (Å²) in [6.45, 7) is 3.15. The van der Waals surface area contributed by atoms with Crippen molar-refractivity contribution in [3.8, 4) is 11.5 Å². The molecule has 4 rings (SSSR count). The van der Waals surface area contributed by atoms with Gasteiger partial charge < -0.3 is 24.1 Å². The van der Waals surface area contributed by atoms with Crippen LogP contribution in [0.3, 0.4) is 0 Å². The van der Waals surface area contributed by atoms with Gasteiger partial charge >= 0.3 is 0 Å². The van der Waals surface area contributed by atoms with Crippen molar-refractivity contribution in [2.75, 3.05) is 47.1 Å². The van der Waals surface area contributed by atoms with Crippen molar-refractivity contribution in [3.63, 3.8) is 0 Å². The van der Waals surface area contributed by atoms with Gasteiger partial charge in [0.25, 0.3) is 11.5 Å². The minimum atomic E-state index is -0.275. The molecule has 1 fully saturated rings. The summed E-state index contributed by atoms with van der Waals surface area (Å²) in [6.07, 6.45) is 0. The summed E-state index contributed by atoms with van der Waals surface area (Å²) >= 11 is 0. The number of ether oxygens (including phenoxy) is 3. The maximum Gasteiger partial charge on any atom is 0.252 e. The van der Waals surface area contributed by atoms with Crippen LogP contribution >= 0.6 is 0 Å². The molecule has 1 aliphatic rings. The summed E-state index contributed by atoms with van der Waals surface area (Å²) in [7, 11) is 4.91. The van der Waals surface area contributed by atoms with Crippen LogP contribution in [0.1, 0.15) is 22.0 Å². The minimum Gasteiger partial charge on any atom is -0.493 e. The van der Waals surface area contributed by atoms with E-state index in [1.165, 1.54) is 6.07 Å². The Kier molecular flexibility index (Phi) is 6.96. The van der Waals surface area contributed by atoms with Crippen molar-refractivity contribution < 1.29 is 19.0 Å². The van der Waals surface area contributed by atoms with Crippen molar-refractivity contribution in [1.82, 2.24) is 14.8 Å². The number of carbonyl (C=O) groups excluding carboxylic acids is 1. The number of hydrogen-bond donors (Lipinski definition) is 1. The van der Waals surface area contributed by atoms with Crippen LogP contribution in [0.5, 0.6) is 11.5 Å². The highest BCUT2D eigenvalue weighted by molar-refractivity contribution is 6.06. The molecule has 1 saturated heterocycles. The Morgan fingerprint density at radius 2 is 1.79 bits per heavy atom. The van der Waals surface area contributed by atoms with Crippen molar-refractivity contribution in [2.24, 2.45) is 7.05 Å². The van der Waals surface area contributed by atoms with Gasteiger partial charge in [0.15, 0.2) is 11.5 Å². The van der Waals surface area contributed by atoms with Crippen molar-refractivity contribution in [3.05, 3.63) is 70.0 Å². The van der Waals surface area contributed by atoms with Gasteiger partial charge in [0.05, 0.1) is 44.6 Å². The van der Waals surface area contributed by atoms with Gasteiger partial charge in [-0.25, -0.2) is 0 Å². The summed E-state index contributed by atoms with van der Waals surface area (Å²) in [4.78, 5) is 27.9. The number of benzene rings is 2. The molecular formula is C25H29N3O5. The lowest BCUT2D eigenvalue weighted by atomic mass is 10.0. The molecule has 174 valence electrons. The summed E-state index contributed by atoms with van der Waals surface area (Å²) < 4.78 is 17.9. The Labute approximate surface area is 192 Å². The molecule has 0 saturated carbocycles. The number of fused-ring (bicyclic) bond motifs is 1. The lowest BCUT2D eigenvalue weighted by molar-refractivity contribution is 0.0162. The van der Waals surface area contributed by atoms with Crippen LogP contribution in [-0.2, 0) is 11.8 Å². The maximum absolute atomic E-state index is 13.2. The first-order valence-electron chi connectivity index (χ1n) is 10.9. The monoisotopic (exact) mass is 451 g/mol. The van der Waals surface area contributed by atoms with Crippen molar-refractivity contribution >= 4 is 16.8 Å². The van der Waals surface area contributed by atoms with E-state index in [0.29, 0.717) is 36.8 Å². The van der Waals surface area contributed by atoms with E-state index in [4.69, 9.17) is 14.2 Å². The first-order valence-corrected chi connectivity index (χ1v) is 10.9. The van der Waals surface area contributed by atoms with Crippen LogP contribution in [0.2, 0.25) is 0 Å². The van der Waals surface area contributed by atoms with Gasteiger partial charge in [-0.2, -0.15) is 0 Å². The van der Waals surface area contributed by atoms with Gasteiger partial charge in [-0.15, -0.1) is 0 Å². The van der Waals surface area contributed by atoms with Gasteiger partial charge in [-0.3, -0.25) is 14.5 Å². The zero-order valence-electron chi connectivity index (χ0n) is 19.2. The number of morpholine rings is 1.